The highest BCUT2D eigenvalue weighted by atomic mass is 19.4. The summed E-state index contributed by atoms with van der Waals surface area (Å²) in [7, 11) is 0. The van der Waals surface area contributed by atoms with Gasteiger partial charge in [0.25, 0.3) is 0 Å². The fraction of sp³-hybridized carbons (Fsp3) is 0.357. The third-order valence-electron chi connectivity index (χ3n) is 2.81. The van der Waals surface area contributed by atoms with E-state index < -0.39 is 12.3 Å². The maximum atomic E-state index is 12.6. The minimum atomic E-state index is -4.41. The first kappa shape index (κ1) is 15.2. The zero-order valence-electron chi connectivity index (χ0n) is 11.6. The van der Waals surface area contributed by atoms with Crippen LogP contribution in [0.3, 0.4) is 0 Å². The summed E-state index contributed by atoms with van der Waals surface area (Å²) in [5.74, 6) is -0.0667. The lowest BCUT2D eigenvalue weighted by atomic mass is 10.2. The summed E-state index contributed by atoms with van der Waals surface area (Å²) in [5, 5.41) is 0. The molecule has 112 valence electrons. The van der Waals surface area contributed by atoms with Crippen LogP contribution in [-0.4, -0.2) is 27.2 Å². The molecule has 0 aliphatic rings. The molecule has 2 aromatic heterocycles. The molecule has 0 aromatic carbocycles. The number of aromatic nitrogens is 3. The summed E-state index contributed by atoms with van der Waals surface area (Å²) < 4.78 is 42.7. The van der Waals surface area contributed by atoms with Crippen LogP contribution < -0.4 is 4.74 Å². The quantitative estimate of drug-likeness (QED) is 0.865. The Morgan fingerprint density at radius 2 is 1.86 bits per heavy atom. The van der Waals surface area contributed by atoms with Gasteiger partial charge in [-0.25, -0.2) is 4.98 Å². The summed E-state index contributed by atoms with van der Waals surface area (Å²) >= 11 is 0. The fourth-order valence-electron chi connectivity index (χ4n) is 1.67. The molecule has 0 spiro atoms. The number of hydrogen-bond donors (Lipinski definition) is 0. The first-order valence-electron chi connectivity index (χ1n) is 6.38. The van der Waals surface area contributed by atoms with Crippen molar-refractivity contribution in [3.63, 3.8) is 0 Å². The number of aryl methyl sites for hydroxylation is 1. The summed E-state index contributed by atoms with van der Waals surface area (Å²) in [6, 6.07) is 3.00. The maximum absolute atomic E-state index is 12.6. The van der Waals surface area contributed by atoms with Crippen LogP contribution in [0.2, 0.25) is 0 Å². The predicted molar refractivity (Wildman–Crippen MR) is 70.8 cm³/mol. The molecule has 0 saturated carbocycles. The topological polar surface area (TPSA) is 47.9 Å². The highest BCUT2D eigenvalue weighted by molar-refractivity contribution is 5.56. The number of nitrogens with zero attached hydrogens (tertiary/aromatic N) is 3. The van der Waals surface area contributed by atoms with E-state index in [1.54, 1.807) is 18.5 Å². The molecular weight excluding hydrogens is 283 g/mol. The van der Waals surface area contributed by atoms with E-state index in [-0.39, 0.29) is 12.3 Å². The normalized spacial score (nSPS) is 13.0. The smallest absolute Gasteiger partial charge is 0.425 e. The van der Waals surface area contributed by atoms with E-state index in [0.29, 0.717) is 11.3 Å². The molecule has 7 heteroatoms. The number of alkyl halides is 3. The van der Waals surface area contributed by atoms with Gasteiger partial charge in [0, 0.05) is 24.0 Å². The maximum Gasteiger partial charge on any atom is 0.425 e. The second kappa shape index (κ2) is 6.07. The van der Waals surface area contributed by atoms with Crippen molar-refractivity contribution in [1.82, 2.24) is 15.0 Å². The zero-order valence-corrected chi connectivity index (χ0v) is 11.6. The lowest BCUT2D eigenvalue weighted by molar-refractivity contribution is -0.196. The third kappa shape index (κ3) is 3.90. The molecule has 4 nitrogen and oxygen atoms in total. The van der Waals surface area contributed by atoms with Crippen LogP contribution >= 0.6 is 0 Å². The number of halogens is 3. The van der Waals surface area contributed by atoms with Gasteiger partial charge in [0.05, 0.1) is 17.6 Å². The van der Waals surface area contributed by atoms with E-state index in [1.807, 2.05) is 6.92 Å². The van der Waals surface area contributed by atoms with Gasteiger partial charge in [-0.2, -0.15) is 13.2 Å². The van der Waals surface area contributed by atoms with Gasteiger partial charge in [0.2, 0.25) is 5.88 Å². The van der Waals surface area contributed by atoms with Crippen molar-refractivity contribution in [3.8, 4) is 17.1 Å². The molecule has 0 bridgehead atoms. The first-order valence-corrected chi connectivity index (χ1v) is 6.38. The van der Waals surface area contributed by atoms with Crippen molar-refractivity contribution >= 4 is 0 Å². The minimum Gasteiger partial charge on any atom is -0.465 e. The standard InChI is InChI=1S/C14H14F3N3O/c1-3-12(14(15,16)17)21-13-5-4-10(7-20-13)11-8-18-9(2)6-19-11/h4-8,12H,3H2,1-2H3. The van der Waals surface area contributed by atoms with Crippen molar-refractivity contribution < 1.29 is 17.9 Å². The second-order valence-electron chi connectivity index (χ2n) is 4.48. The molecule has 0 saturated heterocycles. The van der Waals surface area contributed by atoms with E-state index in [4.69, 9.17) is 4.74 Å². The molecule has 1 unspecified atom stereocenters. The summed E-state index contributed by atoms with van der Waals surface area (Å²) in [5.41, 5.74) is 2.04. The molecular formula is C14H14F3N3O. The Morgan fingerprint density at radius 3 is 2.33 bits per heavy atom. The summed E-state index contributed by atoms with van der Waals surface area (Å²) in [6.07, 6.45) is -1.82. The molecule has 0 N–H and O–H groups in total. The Morgan fingerprint density at radius 1 is 1.10 bits per heavy atom. The molecule has 0 fully saturated rings. The second-order valence-corrected chi connectivity index (χ2v) is 4.48. The number of rotatable bonds is 4. The van der Waals surface area contributed by atoms with Gasteiger partial charge in [-0.3, -0.25) is 9.97 Å². The Labute approximate surface area is 120 Å². The molecule has 0 radical (unpaired) electrons. The van der Waals surface area contributed by atoms with Gasteiger partial charge in [0.1, 0.15) is 0 Å². The van der Waals surface area contributed by atoms with Crippen LogP contribution in [0.1, 0.15) is 19.0 Å². The number of ether oxygens (including phenoxy) is 1. The van der Waals surface area contributed by atoms with E-state index in [1.165, 1.54) is 19.2 Å². The van der Waals surface area contributed by atoms with Crippen molar-refractivity contribution in [2.45, 2.75) is 32.5 Å². The van der Waals surface area contributed by atoms with Gasteiger partial charge in [-0.1, -0.05) is 6.92 Å². The summed E-state index contributed by atoms with van der Waals surface area (Å²) in [4.78, 5) is 12.2. The van der Waals surface area contributed by atoms with Crippen LogP contribution in [0.5, 0.6) is 5.88 Å². The lowest BCUT2D eigenvalue weighted by Gasteiger charge is -2.19. The SMILES string of the molecule is CCC(Oc1ccc(-c2cnc(C)cn2)cn1)C(F)(F)F. The molecule has 0 amide bonds. The average molecular weight is 297 g/mol. The molecule has 2 heterocycles. The highest BCUT2D eigenvalue weighted by Gasteiger charge is 2.40. The molecule has 0 aliphatic carbocycles. The summed E-state index contributed by atoms with van der Waals surface area (Å²) in [6.45, 7) is 3.22. The zero-order chi connectivity index (χ0) is 15.5. The fourth-order valence-corrected chi connectivity index (χ4v) is 1.67. The van der Waals surface area contributed by atoms with Gasteiger partial charge < -0.3 is 4.74 Å². The monoisotopic (exact) mass is 297 g/mol. The van der Waals surface area contributed by atoms with Crippen LogP contribution in [0.25, 0.3) is 11.3 Å². The predicted octanol–water partition coefficient (Wildman–Crippen LogP) is 3.57. The van der Waals surface area contributed by atoms with E-state index in [2.05, 4.69) is 15.0 Å². The van der Waals surface area contributed by atoms with Gasteiger partial charge in [-0.15, -0.1) is 0 Å². The van der Waals surface area contributed by atoms with E-state index >= 15 is 0 Å². The Hall–Kier alpha value is -2.18. The Bertz CT molecular complexity index is 582. The molecule has 0 aliphatic heterocycles. The molecule has 2 rings (SSSR count). The Balaban J connectivity index is 2.13. The number of hydrogen-bond acceptors (Lipinski definition) is 4. The van der Waals surface area contributed by atoms with Crippen LogP contribution in [0, 0.1) is 6.92 Å². The molecule has 2 aromatic rings. The van der Waals surface area contributed by atoms with E-state index in [9.17, 15) is 13.2 Å². The van der Waals surface area contributed by atoms with Crippen LogP contribution in [0.15, 0.2) is 30.7 Å². The molecule has 1 atom stereocenters. The number of pyridine rings is 1. The van der Waals surface area contributed by atoms with Crippen molar-refractivity contribution in [3.05, 3.63) is 36.4 Å². The largest absolute Gasteiger partial charge is 0.465 e. The Kier molecular flexibility index (Phi) is 4.40. The lowest BCUT2D eigenvalue weighted by Crippen LogP contribution is -2.33. The first-order chi connectivity index (χ1) is 9.90. The van der Waals surface area contributed by atoms with Crippen molar-refractivity contribution in [2.24, 2.45) is 0 Å². The van der Waals surface area contributed by atoms with E-state index in [0.717, 1.165) is 5.69 Å². The van der Waals surface area contributed by atoms with Crippen LogP contribution in [0.4, 0.5) is 13.2 Å². The van der Waals surface area contributed by atoms with Gasteiger partial charge >= 0.3 is 6.18 Å². The van der Waals surface area contributed by atoms with Crippen molar-refractivity contribution in [1.29, 1.82) is 0 Å². The molecule has 21 heavy (non-hydrogen) atoms. The third-order valence-corrected chi connectivity index (χ3v) is 2.81. The highest BCUT2D eigenvalue weighted by Crippen LogP contribution is 2.27. The van der Waals surface area contributed by atoms with Crippen LogP contribution in [-0.2, 0) is 0 Å². The van der Waals surface area contributed by atoms with Gasteiger partial charge in [-0.05, 0) is 19.4 Å². The van der Waals surface area contributed by atoms with Gasteiger partial charge in [0.15, 0.2) is 6.10 Å². The minimum absolute atomic E-state index is 0.0667. The van der Waals surface area contributed by atoms with Crippen molar-refractivity contribution in [2.75, 3.05) is 0 Å². The average Bonchev–Trinajstić information content (AvgIpc) is 2.45.